The van der Waals surface area contributed by atoms with E-state index in [0.717, 1.165) is 28.3 Å². The van der Waals surface area contributed by atoms with Crippen molar-refractivity contribution in [3.05, 3.63) is 46.8 Å². The van der Waals surface area contributed by atoms with Crippen molar-refractivity contribution in [3.63, 3.8) is 0 Å². The number of nitrogens with zero attached hydrogens (tertiary/aromatic N) is 5. The van der Waals surface area contributed by atoms with Crippen molar-refractivity contribution < 1.29 is 9.53 Å². The van der Waals surface area contributed by atoms with Gasteiger partial charge in [0.25, 0.3) is 5.78 Å². The minimum atomic E-state index is 0.00374. The largest absolute Gasteiger partial charge is 0.496 e. The summed E-state index contributed by atoms with van der Waals surface area (Å²) in [6, 6.07) is 7.92. The number of carbonyl (C=O) groups is 1. The number of amides is 1. The highest BCUT2D eigenvalue weighted by atomic mass is 32.2. The lowest BCUT2D eigenvalue weighted by Crippen LogP contribution is -2.34. The summed E-state index contributed by atoms with van der Waals surface area (Å²) < 4.78 is 7.26. The number of carbonyl (C=O) groups excluding carboxylic acids is 1. The normalized spacial score (nSPS) is 12.4. The molecule has 0 saturated heterocycles. The molecule has 0 aliphatic carbocycles. The van der Waals surface area contributed by atoms with Gasteiger partial charge >= 0.3 is 0 Å². The molecule has 8 nitrogen and oxygen atoms in total. The van der Waals surface area contributed by atoms with Crippen molar-refractivity contribution in [1.82, 2.24) is 29.8 Å². The molecule has 2 aromatic heterocycles. The maximum atomic E-state index is 12.6. The first-order chi connectivity index (χ1) is 14.8. The van der Waals surface area contributed by atoms with E-state index in [4.69, 9.17) is 4.74 Å². The molecular weight excluding hydrogens is 412 g/mol. The van der Waals surface area contributed by atoms with Crippen LogP contribution in [0.25, 0.3) is 5.78 Å². The van der Waals surface area contributed by atoms with Gasteiger partial charge in [0.2, 0.25) is 11.1 Å². The molecule has 1 N–H and O–H groups in total. The summed E-state index contributed by atoms with van der Waals surface area (Å²) in [4.78, 5) is 23.7. The summed E-state index contributed by atoms with van der Waals surface area (Å²) in [7, 11) is 5.66. The van der Waals surface area contributed by atoms with Crippen LogP contribution in [0.4, 0.5) is 0 Å². The van der Waals surface area contributed by atoms with E-state index < -0.39 is 0 Å². The average Bonchev–Trinajstić information content (AvgIpc) is 3.17. The Labute approximate surface area is 187 Å². The van der Waals surface area contributed by atoms with E-state index in [0.29, 0.717) is 30.3 Å². The second-order valence-corrected chi connectivity index (χ2v) is 8.37. The predicted molar refractivity (Wildman–Crippen MR) is 123 cm³/mol. The number of thioether (sulfide) groups is 1. The fourth-order valence-corrected chi connectivity index (χ4v) is 4.02. The van der Waals surface area contributed by atoms with Crippen molar-refractivity contribution in [1.29, 1.82) is 0 Å². The highest BCUT2D eigenvalue weighted by Gasteiger charge is 2.19. The van der Waals surface area contributed by atoms with Crippen LogP contribution in [0.3, 0.4) is 0 Å². The van der Waals surface area contributed by atoms with Crippen LogP contribution in [-0.2, 0) is 11.2 Å². The van der Waals surface area contributed by atoms with Gasteiger partial charge in [-0.15, -0.1) is 5.10 Å². The number of ether oxygens (including phenoxy) is 1. The van der Waals surface area contributed by atoms with Gasteiger partial charge in [-0.25, -0.2) is 9.50 Å². The quantitative estimate of drug-likeness (QED) is 0.510. The minimum absolute atomic E-state index is 0.00374. The molecule has 0 bridgehead atoms. The third-order valence-electron chi connectivity index (χ3n) is 5.43. The molecule has 166 valence electrons. The van der Waals surface area contributed by atoms with Gasteiger partial charge in [-0.3, -0.25) is 4.79 Å². The Morgan fingerprint density at radius 2 is 2.00 bits per heavy atom. The molecular formula is C22H30N6O2S. The van der Waals surface area contributed by atoms with Crippen LogP contribution >= 0.6 is 11.8 Å². The number of aromatic nitrogens is 4. The molecule has 3 rings (SSSR count). The highest BCUT2D eigenvalue weighted by molar-refractivity contribution is 7.98. The molecule has 3 aromatic rings. The van der Waals surface area contributed by atoms with E-state index >= 15 is 0 Å². The molecule has 0 aliphatic rings. The fraction of sp³-hybridized carbons (Fsp3) is 0.455. The summed E-state index contributed by atoms with van der Waals surface area (Å²) >= 11 is 1.49. The number of benzene rings is 1. The number of rotatable bonds is 9. The number of aryl methyl sites for hydroxylation is 2. The predicted octanol–water partition coefficient (Wildman–Crippen LogP) is 2.82. The Kier molecular flexibility index (Phi) is 7.50. The minimum Gasteiger partial charge on any atom is -0.496 e. The zero-order chi connectivity index (χ0) is 22.5. The van der Waals surface area contributed by atoms with Crippen LogP contribution in [0.2, 0.25) is 0 Å². The molecule has 0 spiro atoms. The van der Waals surface area contributed by atoms with Gasteiger partial charge in [-0.05, 0) is 52.2 Å². The number of fused-ring (bicyclic) bond motifs is 1. The lowest BCUT2D eigenvalue weighted by molar-refractivity contribution is -0.121. The van der Waals surface area contributed by atoms with Crippen molar-refractivity contribution >= 4 is 23.4 Å². The molecule has 0 unspecified atom stereocenters. The molecule has 1 aromatic carbocycles. The van der Waals surface area contributed by atoms with Gasteiger partial charge in [0, 0.05) is 29.9 Å². The molecule has 9 heteroatoms. The average molecular weight is 443 g/mol. The van der Waals surface area contributed by atoms with Gasteiger partial charge < -0.3 is 15.0 Å². The number of likely N-dealkylation sites (N-methyl/N-ethyl adjacent to an activating group) is 1. The lowest BCUT2D eigenvalue weighted by Gasteiger charge is -2.26. The monoisotopic (exact) mass is 442 g/mol. The topological polar surface area (TPSA) is 84.6 Å². The molecule has 1 atom stereocenters. The summed E-state index contributed by atoms with van der Waals surface area (Å²) in [5.74, 6) is 1.42. The van der Waals surface area contributed by atoms with Crippen LogP contribution in [-0.4, -0.2) is 64.4 Å². The van der Waals surface area contributed by atoms with Crippen LogP contribution in [0.1, 0.15) is 35.0 Å². The van der Waals surface area contributed by atoms with Crippen molar-refractivity contribution in [2.75, 3.05) is 34.0 Å². The Morgan fingerprint density at radius 3 is 2.68 bits per heavy atom. The SMILES string of the molecule is COc1ccccc1[C@H](CNC(=O)CCc1c(C)nc2nc(SC)nn2c1C)N(C)C. The maximum absolute atomic E-state index is 12.6. The second-order valence-electron chi connectivity index (χ2n) is 7.60. The zero-order valence-corrected chi connectivity index (χ0v) is 19.8. The first-order valence-electron chi connectivity index (χ1n) is 10.2. The second kappa shape index (κ2) is 10.1. The molecule has 0 fully saturated rings. The number of hydrogen-bond donors (Lipinski definition) is 1. The Hall–Kier alpha value is -2.65. The molecule has 31 heavy (non-hydrogen) atoms. The van der Waals surface area contributed by atoms with Gasteiger partial charge in [-0.2, -0.15) is 4.98 Å². The van der Waals surface area contributed by atoms with E-state index in [1.165, 1.54) is 11.8 Å². The molecule has 0 saturated carbocycles. The Morgan fingerprint density at radius 1 is 1.26 bits per heavy atom. The maximum Gasteiger partial charge on any atom is 0.253 e. The first-order valence-corrected chi connectivity index (χ1v) is 11.4. The molecule has 0 radical (unpaired) electrons. The van der Waals surface area contributed by atoms with Gasteiger partial charge in [0.1, 0.15) is 5.75 Å². The van der Waals surface area contributed by atoms with Crippen molar-refractivity contribution in [2.45, 2.75) is 37.9 Å². The van der Waals surface area contributed by atoms with E-state index in [1.807, 2.05) is 58.5 Å². The fourth-order valence-electron chi connectivity index (χ4n) is 3.69. The van der Waals surface area contributed by atoms with E-state index in [9.17, 15) is 4.79 Å². The van der Waals surface area contributed by atoms with Gasteiger partial charge in [0.15, 0.2) is 0 Å². The lowest BCUT2D eigenvalue weighted by atomic mass is 10.0. The van der Waals surface area contributed by atoms with E-state index in [-0.39, 0.29) is 11.9 Å². The summed E-state index contributed by atoms with van der Waals surface area (Å²) in [6.45, 7) is 4.45. The molecule has 1 amide bonds. The van der Waals surface area contributed by atoms with E-state index in [2.05, 4.69) is 25.3 Å². The van der Waals surface area contributed by atoms with Gasteiger partial charge in [-0.1, -0.05) is 30.0 Å². The number of methoxy groups -OCH3 is 1. The third-order valence-corrected chi connectivity index (χ3v) is 5.97. The number of para-hydroxylation sites is 1. The number of nitrogens with one attached hydrogen (secondary N) is 1. The summed E-state index contributed by atoms with van der Waals surface area (Å²) in [5, 5.41) is 8.25. The smallest absolute Gasteiger partial charge is 0.253 e. The first kappa shape index (κ1) is 23.0. The molecule has 2 heterocycles. The third kappa shape index (κ3) is 5.16. The summed E-state index contributed by atoms with van der Waals surface area (Å²) in [6.07, 6.45) is 2.92. The van der Waals surface area contributed by atoms with Crippen LogP contribution in [0.5, 0.6) is 5.75 Å². The van der Waals surface area contributed by atoms with Crippen LogP contribution < -0.4 is 10.1 Å². The zero-order valence-electron chi connectivity index (χ0n) is 19.0. The van der Waals surface area contributed by atoms with Crippen LogP contribution in [0.15, 0.2) is 29.4 Å². The standard InChI is InChI=1S/C22H30N6O2S/c1-14-16(15(2)28-21(24-14)25-22(26-28)31-6)11-12-20(29)23-13-18(27(3)4)17-9-7-8-10-19(17)30-5/h7-10,18H,11-13H2,1-6H3,(H,23,29)/t18-/m0/s1. The van der Waals surface area contributed by atoms with Crippen molar-refractivity contribution in [2.24, 2.45) is 0 Å². The van der Waals surface area contributed by atoms with Crippen molar-refractivity contribution in [3.8, 4) is 5.75 Å². The Balaban J connectivity index is 1.67. The highest BCUT2D eigenvalue weighted by Crippen LogP contribution is 2.27. The van der Waals surface area contributed by atoms with Crippen LogP contribution in [0, 0.1) is 13.8 Å². The Bertz CT molecular complexity index is 1070. The summed E-state index contributed by atoms with van der Waals surface area (Å²) in [5.41, 5.74) is 3.95. The number of hydrogen-bond acceptors (Lipinski definition) is 7. The molecule has 0 aliphatic heterocycles. The van der Waals surface area contributed by atoms with E-state index in [1.54, 1.807) is 11.6 Å². The van der Waals surface area contributed by atoms with Gasteiger partial charge in [0.05, 0.1) is 13.2 Å².